The molecule has 8 heteroatoms. The Bertz CT molecular complexity index is 227. The summed E-state index contributed by atoms with van der Waals surface area (Å²) in [4.78, 5) is 0. The molecule has 0 spiro atoms. The highest BCUT2D eigenvalue weighted by atomic mass is 19.4. The Morgan fingerprint density at radius 3 is 2.40 bits per heavy atom. The molecular weight excluding hydrogens is 279 g/mol. The Labute approximate surface area is 117 Å². The molecule has 0 aliphatic carbocycles. The van der Waals surface area contributed by atoms with Gasteiger partial charge in [-0.3, -0.25) is 0 Å². The van der Waals surface area contributed by atoms with E-state index < -0.39 is 18.9 Å². The molecule has 1 atom stereocenters. The van der Waals surface area contributed by atoms with Crippen molar-refractivity contribution >= 4 is 0 Å². The van der Waals surface area contributed by atoms with Crippen LogP contribution in [0.25, 0.3) is 0 Å². The summed E-state index contributed by atoms with van der Waals surface area (Å²) in [5.41, 5.74) is 0. The largest absolute Gasteiger partial charge is 0.411 e. The van der Waals surface area contributed by atoms with Gasteiger partial charge in [-0.25, -0.2) is 0 Å². The van der Waals surface area contributed by atoms with Gasteiger partial charge in [0.25, 0.3) is 0 Å². The zero-order valence-electron chi connectivity index (χ0n) is 11.9. The molecular formula is C12H24F3NO4. The molecule has 0 heterocycles. The van der Waals surface area contributed by atoms with Gasteiger partial charge in [0.15, 0.2) is 0 Å². The lowest BCUT2D eigenvalue weighted by atomic mass is 10.4. The van der Waals surface area contributed by atoms with Gasteiger partial charge in [0.2, 0.25) is 0 Å². The van der Waals surface area contributed by atoms with Crippen molar-refractivity contribution in [3.05, 3.63) is 0 Å². The van der Waals surface area contributed by atoms with Crippen LogP contribution in [0.15, 0.2) is 0 Å². The lowest BCUT2D eigenvalue weighted by molar-refractivity contribution is -0.173. The fourth-order valence-corrected chi connectivity index (χ4v) is 1.22. The van der Waals surface area contributed by atoms with E-state index in [0.717, 1.165) is 0 Å². The van der Waals surface area contributed by atoms with Crippen molar-refractivity contribution in [3.63, 3.8) is 0 Å². The number of alkyl halides is 3. The van der Waals surface area contributed by atoms with E-state index in [0.29, 0.717) is 13.2 Å². The highest BCUT2D eigenvalue weighted by Crippen LogP contribution is 2.13. The van der Waals surface area contributed by atoms with Gasteiger partial charge in [-0.2, -0.15) is 13.2 Å². The molecule has 0 saturated carbocycles. The van der Waals surface area contributed by atoms with E-state index in [1.165, 1.54) is 0 Å². The Morgan fingerprint density at radius 1 is 1.10 bits per heavy atom. The van der Waals surface area contributed by atoms with Gasteiger partial charge in [-0.15, -0.1) is 0 Å². The molecule has 20 heavy (non-hydrogen) atoms. The average molecular weight is 303 g/mol. The fourth-order valence-electron chi connectivity index (χ4n) is 1.22. The Balaban J connectivity index is 3.26. The number of nitrogens with one attached hydrogen (secondary N) is 1. The van der Waals surface area contributed by atoms with Gasteiger partial charge >= 0.3 is 6.18 Å². The lowest BCUT2D eigenvalue weighted by Crippen LogP contribution is -2.33. The number of aliphatic hydroxyl groups is 1. The van der Waals surface area contributed by atoms with Gasteiger partial charge in [0.05, 0.1) is 38.6 Å². The first-order valence-electron chi connectivity index (χ1n) is 6.54. The highest BCUT2D eigenvalue weighted by molar-refractivity contribution is 4.58. The van der Waals surface area contributed by atoms with Gasteiger partial charge in [-0.1, -0.05) is 0 Å². The van der Waals surface area contributed by atoms with Crippen molar-refractivity contribution < 1.29 is 32.5 Å². The number of ether oxygens (including phenoxy) is 3. The standard InChI is InChI=1S/C12H24F3NO4/c1-10(2)20-6-5-18-8-11(17)7-16-3-4-19-9-12(13,14)15/h10-11,16-17H,3-9H2,1-2H3. The van der Waals surface area contributed by atoms with Gasteiger partial charge in [0, 0.05) is 13.1 Å². The van der Waals surface area contributed by atoms with E-state index in [-0.39, 0.29) is 32.4 Å². The van der Waals surface area contributed by atoms with E-state index in [9.17, 15) is 18.3 Å². The van der Waals surface area contributed by atoms with Crippen LogP contribution >= 0.6 is 0 Å². The summed E-state index contributed by atoms with van der Waals surface area (Å²) in [6.07, 6.45) is -4.87. The fraction of sp³-hybridized carbons (Fsp3) is 1.00. The summed E-state index contributed by atoms with van der Waals surface area (Å²) in [6.45, 7) is 4.00. The quantitative estimate of drug-likeness (QED) is 0.526. The smallest absolute Gasteiger partial charge is 0.389 e. The van der Waals surface area contributed by atoms with E-state index in [2.05, 4.69) is 10.1 Å². The Hall–Kier alpha value is -0.410. The molecule has 0 aromatic carbocycles. The second-order valence-corrected chi connectivity index (χ2v) is 4.52. The summed E-state index contributed by atoms with van der Waals surface area (Å²) in [5, 5.41) is 12.3. The van der Waals surface area contributed by atoms with Crippen LogP contribution in [0.3, 0.4) is 0 Å². The van der Waals surface area contributed by atoms with Crippen molar-refractivity contribution in [2.24, 2.45) is 0 Å². The monoisotopic (exact) mass is 303 g/mol. The minimum Gasteiger partial charge on any atom is -0.389 e. The summed E-state index contributed by atoms with van der Waals surface area (Å²) < 4.78 is 50.0. The van der Waals surface area contributed by atoms with Crippen LogP contribution < -0.4 is 5.32 Å². The third-order valence-electron chi connectivity index (χ3n) is 2.06. The zero-order chi connectivity index (χ0) is 15.4. The molecule has 0 aromatic rings. The van der Waals surface area contributed by atoms with Gasteiger partial charge < -0.3 is 24.6 Å². The summed E-state index contributed by atoms with van der Waals surface area (Å²) in [5.74, 6) is 0. The molecule has 0 fully saturated rings. The zero-order valence-corrected chi connectivity index (χ0v) is 11.9. The molecule has 0 aromatic heterocycles. The molecule has 122 valence electrons. The topological polar surface area (TPSA) is 60.0 Å². The van der Waals surface area contributed by atoms with Crippen LogP contribution in [0.5, 0.6) is 0 Å². The molecule has 0 rings (SSSR count). The second kappa shape index (κ2) is 11.3. The van der Waals surface area contributed by atoms with Crippen molar-refractivity contribution in [2.75, 3.05) is 46.1 Å². The maximum absolute atomic E-state index is 11.7. The van der Waals surface area contributed by atoms with Gasteiger partial charge in [-0.05, 0) is 13.8 Å². The highest BCUT2D eigenvalue weighted by Gasteiger charge is 2.27. The van der Waals surface area contributed by atoms with Crippen LogP contribution in [-0.2, 0) is 14.2 Å². The Kier molecular flexibility index (Phi) is 11.0. The number of rotatable bonds is 12. The predicted octanol–water partition coefficient (Wildman–Crippen LogP) is 0.957. The van der Waals surface area contributed by atoms with Crippen LogP contribution in [0, 0.1) is 0 Å². The van der Waals surface area contributed by atoms with E-state index >= 15 is 0 Å². The molecule has 0 saturated heterocycles. The van der Waals surface area contributed by atoms with Crippen LogP contribution in [0.2, 0.25) is 0 Å². The third-order valence-corrected chi connectivity index (χ3v) is 2.06. The van der Waals surface area contributed by atoms with E-state index in [1.807, 2.05) is 13.8 Å². The van der Waals surface area contributed by atoms with Crippen molar-refractivity contribution in [3.8, 4) is 0 Å². The maximum atomic E-state index is 11.7. The molecule has 0 amide bonds. The summed E-state index contributed by atoms with van der Waals surface area (Å²) in [6, 6.07) is 0. The molecule has 0 radical (unpaired) electrons. The summed E-state index contributed by atoms with van der Waals surface area (Å²) >= 11 is 0. The first-order valence-corrected chi connectivity index (χ1v) is 6.54. The van der Waals surface area contributed by atoms with E-state index in [1.54, 1.807) is 0 Å². The summed E-state index contributed by atoms with van der Waals surface area (Å²) in [7, 11) is 0. The number of hydrogen-bond acceptors (Lipinski definition) is 5. The van der Waals surface area contributed by atoms with Crippen LogP contribution in [-0.4, -0.2) is 69.6 Å². The van der Waals surface area contributed by atoms with Crippen molar-refractivity contribution in [1.29, 1.82) is 0 Å². The minimum absolute atomic E-state index is 0.0602. The van der Waals surface area contributed by atoms with Crippen LogP contribution in [0.4, 0.5) is 13.2 Å². The molecule has 0 aliphatic rings. The lowest BCUT2D eigenvalue weighted by Gasteiger charge is -2.13. The minimum atomic E-state index is -4.30. The molecule has 2 N–H and O–H groups in total. The Morgan fingerprint density at radius 2 is 1.80 bits per heavy atom. The first kappa shape index (κ1) is 19.6. The number of halogens is 3. The number of hydrogen-bond donors (Lipinski definition) is 2. The maximum Gasteiger partial charge on any atom is 0.411 e. The normalized spacial score (nSPS) is 13.9. The van der Waals surface area contributed by atoms with Crippen LogP contribution in [0.1, 0.15) is 13.8 Å². The average Bonchev–Trinajstić information content (AvgIpc) is 2.31. The van der Waals surface area contributed by atoms with E-state index in [4.69, 9.17) is 9.47 Å². The molecule has 5 nitrogen and oxygen atoms in total. The molecule has 0 aliphatic heterocycles. The predicted molar refractivity (Wildman–Crippen MR) is 67.7 cm³/mol. The molecule has 0 bridgehead atoms. The molecule has 1 unspecified atom stereocenters. The van der Waals surface area contributed by atoms with Crippen molar-refractivity contribution in [2.45, 2.75) is 32.2 Å². The third kappa shape index (κ3) is 15.6. The SMILES string of the molecule is CC(C)OCCOCC(O)CNCCOCC(F)(F)F. The first-order chi connectivity index (χ1) is 9.31. The van der Waals surface area contributed by atoms with Crippen molar-refractivity contribution in [1.82, 2.24) is 5.32 Å². The number of aliphatic hydroxyl groups excluding tert-OH is 1. The second-order valence-electron chi connectivity index (χ2n) is 4.52. The van der Waals surface area contributed by atoms with Gasteiger partial charge in [0.1, 0.15) is 6.61 Å².